The van der Waals surface area contributed by atoms with Crippen molar-refractivity contribution >= 4 is 5.91 Å². The van der Waals surface area contributed by atoms with Gasteiger partial charge < -0.3 is 10.6 Å². The lowest BCUT2D eigenvalue weighted by atomic mass is 9.82. The topological polar surface area (TPSA) is 41.1 Å². The molecule has 0 aromatic heterocycles. The summed E-state index contributed by atoms with van der Waals surface area (Å²) in [6, 6.07) is 11.5. The normalized spacial score (nSPS) is 25.5. The van der Waals surface area contributed by atoms with Crippen molar-refractivity contribution in [2.75, 3.05) is 13.1 Å². The van der Waals surface area contributed by atoms with Crippen LogP contribution in [0.2, 0.25) is 0 Å². The first kappa shape index (κ1) is 14.6. The van der Waals surface area contributed by atoms with E-state index >= 15 is 0 Å². The van der Waals surface area contributed by atoms with Gasteiger partial charge in [0.05, 0.1) is 0 Å². The Kier molecular flexibility index (Phi) is 4.91. The zero-order chi connectivity index (χ0) is 14.5. The number of nitrogens with one attached hydrogen (secondary N) is 2. The van der Waals surface area contributed by atoms with E-state index in [-0.39, 0.29) is 5.91 Å². The molecule has 0 radical (unpaired) electrons. The largest absolute Gasteiger partial charge is 0.355 e. The summed E-state index contributed by atoms with van der Waals surface area (Å²) >= 11 is 0. The lowest BCUT2D eigenvalue weighted by Gasteiger charge is -2.29. The number of carbonyl (C=O) groups excluding carboxylic acids is 1. The van der Waals surface area contributed by atoms with E-state index in [1.807, 2.05) is 0 Å². The first-order valence-corrected chi connectivity index (χ1v) is 8.39. The van der Waals surface area contributed by atoms with Crippen LogP contribution in [0.3, 0.4) is 0 Å². The lowest BCUT2D eigenvalue weighted by molar-refractivity contribution is -0.122. The molecule has 3 heteroatoms. The third-order valence-electron chi connectivity index (χ3n) is 4.80. The molecule has 1 aromatic rings. The Labute approximate surface area is 127 Å². The summed E-state index contributed by atoms with van der Waals surface area (Å²) in [6.45, 7) is 1.67. The number of carbonyl (C=O) groups is 1. The molecule has 2 N–H and O–H groups in total. The summed E-state index contributed by atoms with van der Waals surface area (Å²) in [5.41, 5.74) is 1.49. The van der Waals surface area contributed by atoms with E-state index in [0.717, 1.165) is 31.8 Å². The summed E-state index contributed by atoms with van der Waals surface area (Å²) in [5, 5.41) is 6.61. The van der Waals surface area contributed by atoms with Gasteiger partial charge in [-0.2, -0.15) is 0 Å². The monoisotopic (exact) mass is 286 g/mol. The Morgan fingerprint density at radius 3 is 2.33 bits per heavy atom. The van der Waals surface area contributed by atoms with Gasteiger partial charge in [-0.15, -0.1) is 0 Å². The maximum atomic E-state index is 11.5. The molecule has 2 fully saturated rings. The van der Waals surface area contributed by atoms with Crippen LogP contribution in [0.4, 0.5) is 0 Å². The fourth-order valence-corrected chi connectivity index (χ4v) is 3.31. The Bertz CT molecular complexity index is 448. The van der Waals surface area contributed by atoms with Gasteiger partial charge in [0.2, 0.25) is 5.91 Å². The zero-order valence-corrected chi connectivity index (χ0v) is 12.7. The minimum atomic E-state index is 0.254. The molecule has 1 aromatic carbocycles. The number of amides is 1. The van der Waals surface area contributed by atoms with Crippen molar-refractivity contribution in [2.24, 2.45) is 5.92 Å². The molecule has 2 aliphatic rings. The Morgan fingerprint density at radius 1 is 0.952 bits per heavy atom. The van der Waals surface area contributed by atoms with E-state index in [9.17, 15) is 4.79 Å². The smallest absolute Gasteiger partial charge is 0.223 e. The fourth-order valence-electron chi connectivity index (χ4n) is 3.31. The van der Waals surface area contributed by atoms with Crippen LogP contribution in [0.15, 0.2) is 30.3 Å². The van der Waals surface area contributed by atoms with Crippen LogP contribution in [0.25, 0.3) is 0 Å². The lowest BCUT2D eigenvalue weighted by Crippen LogP contribution is -2.39. The summed E-state index contributed by atoms with van der Waals surface area (Å²) in [7, 11) is 0. The standard InChI is InChI=1S/C18H26N2O/c21-18(16-6-7-16)20-13-12-19-17-10-8-15(9-11-17)14-4-2-1-3-5-14/h1-5,15-17,19H,6-13H2,(H,20,21). The minimum Gasteiger partial charge on any atom is -0.355 e. The van der Waals surface area contributed by atoms with E-state index in [1.54, 1.807) is 0 Å². The summed E-state index contributed by atoms with van der Waals surface area (Å²) in [4.78, 5) is 11.5. The third kappa shape index (κ3) is 4.31. The van der Waals surface area contributed by atoms with Crippen LogP contribution in [0, 0.1) is 5.92 Å². The quantitative estimate of drug-likeness (QED) is 0.790. The van der Waals surface area contributed by atoms with Gasteiger partial charge in [0.25, 0.3) is 0 Å². The average Bonchev–Trinajstić information content (AvgIpc) is 3.38. The maximum Gasteiger partial charge on any atom is 0.223 e. The van der Waals surface area contributed by atoms with Gasteiger partial charge >= 0.3 is 0 Å². The fraction of sp³-hybridized carbons (Fsp3) is 0.611. The van der Waals surface area contributed by atoms with E-state index in [1.165, 1.54) is 31.2 Å². The molecule has 2 aliphatic carbocycles. The third-order valence-corrected chi connectivity index (χ3v) is 4.80. The highest BCUT2D eigenvalue weighted by molar-refractivity contribution is 5.80. The van der Waals surface area contributed by atoms with E-state index in [4.69, 9.17) is 0 Å². The van der Waals surface area contributed by atoms with E-state index in [2.05, 4.69) is 41.0 Å². The molecular weight excluding hydrogens is 260 g/mol. The molecule has 3 nitrogen and oxygen atoms in total. The number of rotatable bonds is 6. The first-order valence-electron chi connectivity index (χ1n) is 8.39. The molecular formula is C18H26N2O. The molecule has 0 heterocycles. The van der Waals surface area contributed by atoms with Gasteiger partial charge in [-0.05, 0) is 50.0 Å². The minimum absolute atomic E-state index is 0.254. The summed E-state index contributed by atoms with van der Waals surface area (Å²) < 4.78 is 0. The van der Waals surface area contributed by atoms with Crippen molar-refractivity contribution in [3.8, 4) is 0 Å². The Balaban J connectivity index is 1.31. The molecule has 1 amide bonds. The molecule has 0 spiro atoms. The van der Waals surface area contributed by atoms with Crippen LogP contribution in [-0.4, -0.2) is 25.0 Å². The van der Waals surface area contributed by atoms with Crippen LogP contribution in [0.5, 0.6) is 0 Å². The number of benzene rings is 1. The van der Waals surface area contributed by atoms with Crippen molar-refractivity contribution in [3.05, 3.63) is 35.9 Å². The van der Waals surface area contributed by atoms with Crippen LogP contribution >= 0.6 is 0 Å². The molecule has 0 saturated heterocycles. The van der Waals surface area contributed by atoms with Gasteiger partial charge in [0.1, 0.15) is 0 Å². The zero-order valence-electron chi connectivity index (χ0n) is 12.7. The summed E-state index contributed by atoms with van der Waals surface area (Å²) in [5.74, 6) is 1.31. The number of hydrogen-bond acceptors (Lipinski definition) is 2. The SMILES string of the molecule is O=C(NCCNC1CCC(c2ccccc2)CC1)C1CC1. The molecule has 21 heavy (non-hydrogen) atoms. The van der Waals surface area contributed by atoms with Gasteiger partial charge in [-0.1, -0.05) is 30.3 Å². The molecule has 2 saturated carbocycles. The Morgan fingerprint density at radius 2 is 1.67 bits per heavy atom. The first-order chi connectivity index (χ1) is 10.3. The van der Waals surface area contributed by atoms with Crippen LogP contribution in [-0.2, 0) is 4.79 Å². The van der Waals surface area contributed by atoms with Crippen molar-refractivity contribution < 1.29 is 4.79 Å². The highest BCUT2D eigenvalue weighted by Gasteiger charge is 2.29. The molecule has 0 aliphatic heterocycles. The molecule has 3 rings (SSSR count). The van der Waals surface area contributed by atoms with Crippen molar-refractivity contribution in [1.82, 2.24) is 10.6 Å². The van der Waals surface area contributed by atoms with Crippen molar-refractivity contribution in [1.29, 1.82) is 0 Å². The van der Waals surface area contributed by atoms with Gasteiger partial charge in [-0.3, -0.25) is 4.79 Å². The maximum absolute atomic E-state index is 11.5. The van der Waals surface area contributed by atoms with E-state index in [0.29, 0.717) is 12.0 Å². The predicted molar refractivity (Wildman–Crippen MR) is 85.2 cm³/mol. The molecule has 0 atom stereocenters. The second kappa shape index (κ2) is 7.08. The van der Waals surface area contributed by atoms with Crippen molar-refractivity contribution in [2.45, 2.75) is 50.5 Å². The second-order valence-electron chi connectivity index (χ2n) is 6.48. The van der Waals surface area contributed by atoms with Crippen molar-refractivity contribution in [3.63, 3.8) is 0 Å². The highest BCUT2D eigenvalue weighted by atomic mass is 16.2. The summed E-state index contributed by atoms with van der Waals surface area (Å²) in [6.07, 6.45) is 7.21. The molecule has 114 valence electrons. The number of hydrogen-bond donors (Lipinski definition) is 2. The predicted octanol–water partition coefficient (Wildman–Crippen LogP) is 2.83. The molecule has 0 unspecified atom stereocenters. The van der Waals surface area contributed by atoms with Gasteiger partial charge in [0.15, 0.2) is 0 Å². The molecule has 0 bridgehead atoms. The highest BCUT2D eigenvalue weighted by Crippen LogP contribution is 2.32. The van der Waals surface area contributed by atoms with Crippen LogP contribution < -0.4 is 10.6 Å². The van der Waals surface area contributed by atoms with Gasteiger partial charge in [-0.25, -0.2) is 0 Å². The van der Waals surface area contributed by atoms with Gasteiger partial charge in [0, 0.05) is 25.0 Å². The Hall–Kier alpha value is -1.35. The average molecular weight is 286 g/mol. The second-order valence-corrected chi connectivity index (χ2v) is 6.48. The van der Waals surface area contributed by atoms with E-state index < -0.39 is 0 Å². The van der Waals surface area contributed by atoms with Crippen LogP contribution in [0.1, 0.15) is 50.0 Å².